The smallest absolute Gasteiger partial charge is 0.414 e. The van der Waals surface area contributed by atoms with Gasteiger partial charge < -0.3 is 4.74 Å². The molecule has 4 nitrogen and oxygen atoms in total. The van der Waals surface area contributed by atoms with Gasteiger partial charge in [0.05, 0.1) is 6.54 Å². The summed E-state index contributed by atoms with van der Waals surface area (Å²) in [5.74, 6) is 0.391. The van der Waals surface area contributed by atoms with Crippen LogP contribution in [0.15, 0.2) is 54.6 Å². The summed E-state index contributed by atoms with van der Waals surface area (Å²) < 4.78 is 4.94. The first kappa shape index (κ1) is 17.0. The van der Waals surface area contributed by atoms with Gasteiger partial charge >= 0.3 is 6.09 Å². The Morgan fingerprint density at radius 1 is 1.16 bits per heavy atom. The van der Waals surface area contributed by atoms with Crippen LogP contribution in [0.2, 0.25) is 0 Å². The first-order chi connectivity index (χ1) is 12.0. The Hall–Kier alpha value is -2.88. The molecule has 128 valence electrons. The van der Waals surface area contributed by atoms with Crippen LogP contribution in [0.3, 0.4) is 0 Å². The highest BCUT2D eigenvalue weighted by Gasteiger charge is 2.23. The van der Waals surface area contributed by atoms with Crippen molar-refractivity contribution in [3.63, 3.8) is 0 Å². The Bertz CT molecular complexity index is 806. The Balaban J connectivity index is 1.73. The lowest BCUT2D eigenvalue weighted by atomic mass is 10.0. The lowest BCUT2D eigenvalue weighted by Crippen LogP contribution is -2.23. The van der Waals surface area contributed by atoms with Crippen LogP contribution in [0, 0.1) is 0 Å². The van der Waals surface area contributed by atoms with Gasteiger partial charge in [0.1, 0.15) is 6.61 Å². The molecule has 0 unspecified atom stereocenters. The second-order valence-corrected chi connectivity index (χ2v) is 6.34. The molecule has 0 aromatic heterocycles. The number of hydrogen-bond acceptors (Lipinski definition) is 3. The van der Waals surface area contributed by atoms with Gasteiger partial charge in [-0.2, -0.15) is 0 Å². The summed E-state index contributed by atoms with van der Waals surface area (Å²) in [7, 11) is 0. The molecule has 3 rings (SSSR count). The van der Waals surface area contributed by atoms with Crippen LogP contribution in [0.1, 0.15) is 41.3 Å². The number of allylic oxidation sites excluding steroid dienone is 1. The molecule has 0 aliphatic carbocycles. The molecule has 1 heterocycles. The molecule has 0 radical (unpaired) electrons. The fourth-order valence-corrected chi connectivity index (χ4v) is 2.72. The average molecular weight is 335 g/mol. The van der Waals surface area contributed by atoms with Crippen LogP contribution in [-0.4, -0.2) is 25.0 Å². The third kappa shape index (κ3) is 3.97. The van der Waals surface area contributed by atoms with Crippen LogP contribution in [0.5, 0.6) is 0 Å². The van der Waals surface area contributed by atoms with Crippen molar-refractivity contribution in [2.75, 3.05) is 18.1 Å². The van der Waals surface area contributed by atoms with Gasteiger partial charge in [-0.1, -0.05) is 56.3 Å². The van der Waals surface area contributed by atoms with Gasteiger partial charge in [-0.05, 0) is 35.3 Å². The van der Waals surface area contributed by atoms with Gasteiger partial charge in [-0.25, -0.2) is 4.79 Å². The summed E-state index contributed by atoms with van der Waals surface area (Å²) in [5.41, 5.74) is 3.49. The van der Waals surface area contributed by atoms with E-state index in [-0.39, 0.29) is 11.9 Å². The molecule has 1 fully saturated rings. The number of amides is 1. The van der Waals surface area contributed by atoms with E-state index in [0.717, 1.165) is 5.56 Å². The van der Waals surface area contributed by atoms with Crippen molar-refractivity contribution in [2.45, 2.75) is 19.8 Å². The van der Waals surface area contributed by atoms with Crippen molar-refractivity contribution in [3.05, 3.63) is 71.3 Å². The molecule has 2 aromatic carbocycles. The van der Waals surface area contributed by atoms with Crippen molar-refractivity contribution in [3.8, 4) is 0 Å². The number of cyclic esters (lactones) is 1. The Morgan fingerprint density at radius 3 is 2.56 bits per heavy atom. The highest BCUT2D eigenvalue weighted by molar-refractivity contribution is 6.07. The molecule has 1 amide bonds. The van der Waals surface area contributed by atoms with Gasteiger partial charge in [0.15, 0.2) is 5.78 Å². The Kier molecular flexibility index (Phi) is 4.98. The Morgan fingerprint density at radius 2 is 1.92 bits per heavy atom. The monoisotopic (exact) mass is 335 g/mol. The third-order valence-electron chi connectivity index (χ3n) is 4.23. The van der Waals surface area contributed by atoms with Crippen molar-refractivity contribution in [2.24, 2.45) is 0 Å². The number of anilines is 1. The summed E-state index contributed by atoms with van der Waals surface area (Å²) in [5, 5.41) is 0. The molecule has 25 heavy (non-hydrogen) atoms. The van der Waals surface area contributed by atoms with Gasteiger partial charge in [-0.3, -0.25) is 9.69 Å². The highest BCUT2D eigenvalue weighted by Crippen LogP contribution is 2.21. The number of carbonyl (C=O) groups is 2. The lowest BCUT2D eigenvalue weighted by Gasteiger charge is -2.13. The zero-order valence-electron chi connectivity index (χ0n) is 14.4. The minimum absolute atomic E-state index is 0.0950. The molecule has 0 bridgehead atoms. The van der Waals surface area contributed by atoms with Crippen molar-refractivity contribution < 1.29 is 14.3 Å². The summed E-state index contributed by atoms with van der Waals surface area (Å²) in [4.78, 5) is 25.6. The third-order valence-corrected chi connectivity index (χ3v) is 4.23. The predicted molar refractivity (Wildman–Crippen MR) is 99.0 cm³/mol. The first-order valence-electron chi connectivity index (χ1n) is 8.41. The van der Waals surface area contributed by atoms with E-state index in [1.807, 2.05) is 18.2 Å². The van der Waals surface area contributed by atoms with Crippen LogP contribution in [0.4, 0.5) is 10.5 Å². The predicted octanol–water partition coefficient (Wildman–Crippen LogP) is 4.66. The van der Waals surface area contributed by atoms with E-state index < -0.39 is 0 Å². The minimum Gasteiger partial charge on any atom is -0.447 e. The summed E-state index contributed by atoms with van der Waals surface area (Å²) in [6.07, 6.45) is 3.00. The fraction of sp³-hybridized carbons (Fsp3) is 0.238. The molecule has 2 aromatic rings. The van der Waals surface area contributed by atoms with E-state index in [4.69, 9.17) is 4.74 Å². The van der Waals surface area contributed by atoms with E-state index in [0.29, 0.717) is 30.3 Å². The van der Waals surface area contributed by atoms with Gasteiger partial charge in [0.25, 0.3) is 0 Å². The number of ketones is 1. The lowest BCUT2D eigenvalue weighted by molar-refractivity contribution is 0.104. The zero-order chi connectivity index (χ0) is 17.8. The quantitative estimate of drug-likeness (QED) is 0.589. The molecule has 0 atom stereocenters. The van der Waals surface area contributed by atoms with E-state index >= 15 is 0 Å². The number of rotatable bonds is 5. The van der Waals surface area contributed by atoms with Crippen molar-refractivity contribution in [1.82, 2.24) is 0 Å². The SMILES string of the molecule is CC(C)c1ccc(C=CC(=O)c2cccc(N3CCOC3=O)c2)cc1. The summed E-state index contributed by atoms with van der Waals surface area (Å²) in [6.45, 7) is 5.19. The molecule has 1 saturated heterocycles. The number of hydrogen-bond donors (Lipinski definition) is 0. The molecule has 4 heteroatoms. The molecule has 1 aliphatic heterocycles. The molecule has 0 saturated carbocycles. The molecular formula is C21H21NO3. The molecule has 0 spiro atoms. The van der Waals surface area contributed by atoms with Crippen LogP contribution >= 0.6 is 0 Å². The standard InChI is InChI=1S/C21H21NO3/c1-15(2)17-9-6-16(7-10-17)8-11-20(23)18-4-3-5-19(14-18)22-12-13-25-21(22)24/h3-11,14-15H,12-13H2,1-2H3. The van der Waals surface area contributed by atoms with E-state index in [1.165, 1.54) is 10.5 Å². The normalized spacial score (nSPS) is 14.4. The summed E-state index contributed by atoms with van der Waals surface area (Å²) >= 11 is 0. The number of nitrogens with zero attached hydrogens (tertiary/aromatic N) is 1. The number of carbonyl (C=O) groups excluding carboxylic acids is 2. The largest absolute Gasteiger partial charge is 0.447 e. The first-order valence-corrected chi connectivity index (χ1v) is 8.41. The maximum absolute atomic E-state index is 12.4. The second-order valence-electron chi connectivity index (χ2n) is 6.34. The van der Waals surface area contributed by atoms with Crippen molar-refractivity contribution >= 4 is 23.6 Å². The zero-order valence-corrected chi connectivity index (χ0v) is 14.4. The topological polar surface area (TPSA) is 46.6 Å². The summed E-state index contributed by atoms with van der Waals surface area (Å²) in [6, 6.07) is 15.2. The number of benzene rings is 2. The Labute approximate surface area is 147 Å². The molecular weight excluding hydrogens is 314 g/mol. The second kappa shape index (κ2) is 7.34. The van der Waals surface area contributed by atoms with Crippen LogP contribution < -0.4 is 4.90 Å². The van der Waals surface area contributed by atoms with E-state index in [2.05, 4.69) is 26.0 Å². The number of ether oxygens (including phenoxy) is 1. The van der Waals surface area contributed by atoms with E-state index in [9.17, 15) is 9.59 Å². The highest BCUT2D eigenvalue weighted by atomic mass is 16.6. The van der Waals surface area contributed by atoms with Gasteiger partial charge in [-0.15, -0.1) is 0 Å². The van der Waals surface area contributed by atoms with E-state index in [1.54, 1.807) is 30.3 Å². The maximum Gasteiger partial charge on any atom is 0.414 e. The minimum atomic E-state index is -0.370. The van der Waals surface area contributed by atoms with Gasteiger partial charge in [0, 0.05) is 11.3 Å². The van der Waals surface area contributed by atoms with Crippen LogP contribution in [-0.2, 0) is 4.74 Å². The van der Waals surface area contributed by atoms with Crippen molar-refractivity contribution in [1.29, 1.82) is 0 Å². The average Bonchev–Trinajstić information content (AvgIpc) is 3.06. The maximum atomic E-state index is 12.4. The molecule has 0 N–H and O–H groups in total. The molecule has 1 aliphatic rings. The fourth-order valence-electron chi connectivity index (χ4n) is 2.72. The van der Waals surface area contributed by atoms with Gasteiger partial charge in [0.2, 0.25) is 0 Å². The van der Waals surface area contributed by atoms with Crippen LogP contribution in [0.25, 0.3) is 6.08 Å².